The largest absolute Gasteiger partial charge is 0.425 e. The van der Waals surface area contributed by atoms with E-state index >= 15 is 0 Å². The van der Waals surface area contributed by atoms with Crippen molar-refractivity contribution >= 4 is 0 Å². The lowest BCUT2D eigenvalue weighted by Gasteiger charge is -2.09. The summed E-state index contributed by atoms with van der Waals surface area (Å²) >= 11 is 0. The van der Waals surface area contributed by atoms with Gasteiger partial charge in [0.2, 0.25) is 0 Å². The molecular weight excluding hydrogens is 274 g/mol. The van der Waals surface area contributed by atoms with E-state index in [4.69, 9.17) is 0 Å². The van der Waals surface area contributed by atoms with Crippen LogP contribution in [0.3, 0.4) is 0 Å². The third-order valence-electron chi connectivity index (χ3n) is 3.62. The van der Waals surface area contributed by atoms with E-state index < -0.39 is 0 Å². The highest BCUT2D eigenvalue weighted by Crippen LogP contribution is 2.12. The molecule has 0 radical (unpaired) electrons. The van der Waals surface area contributed by atoms with Crippen molar-refractivity contribution in [2.75, 3.05) is 0 Å². The number of pyridine rings is 1. The first kappa shape index (κ1) is 14.1. The first-order valence-corrected chi connectivity index (χ1v) is 7.24. The van der Waals surface area contributed by atoms with Crippen molar-refractivity contribution in [1.82, 2.24) is 4.73 Å². The molecular formula is C19H17NO2. The van der Waals surface area contributed by atoms with Crippen LogP contribution in [0.5, 0.6) is 0 Å². The molecule has 3 rings (SSSR count). The normalized spacial score (nSPS) is 10.5. The SMILES string of the molecule is O=c1cc(Cc2ccccc2)cc(Cc2ccccc2)n1O. The minimum atomic E-state index is -0.389. The molecule has 3 aromatic rings. The molecule has 0 aliphatic heterocycles. The Kier molecular flexibility index (Phi) is 4.05. The van der Waals surface area contributed by atoms with Gasteiger partial charge in [0.15, 0.2) is 0 Å². The maximum absolute atomic E-state index is 12.0. The monoisotopic (exact) mass is 291 g/mol. The average Bonchev–Trinajstić information content (AvgIpc) is 2.54. The van der Waals surface area contributed by atoms with Crippen molar-refractivity contribution < 1.29 is 5.21 Å². The Morgan fingerprint density at radius 3 is 1.86 bits per heavy atom. The number of nitrogens with zero attached hydrogens (tertiary/aromatic N) is 1. The molecule has 22 heavy (non-hydrogen) atoms. The van der Waals surface area contributed by atoms with Crippen LogP contribution in [-0.4, -0.2) is 9.94 Å². The Labute approximate surface area is 129 Å². The molecule has 0 saturated heterocycles. The molecule has 1 heterocycles. The van der Waals surface area contributed by atoms with Gasteiger partial charge >= 0.3 is 0 Å². The summed E-state index contributed by atoms with van der Waals surface area (Å²) in [5.41, 5.74) is 3.32. The van der Waals surface area contributed by atoms with Crippen molar-refractivity contribution in [3.63, 3.8) is 0 Å². The fourth-order valence-corrected chi connectivity index (χ4v) is 2.54. The second-order valence-electron chi connectivity index (χ2n) is 5.33. The van der Waals surface area contributed by atoms with Gasteiger partial charge in [-0.1, -0.05) is 60.7 Å². The topological polar surface area (TPSA) is 42.2 Å². The second kappa shape index (κ2) is 6.31. The molecule has 1 N–H and O–H groups in total. The Bertz CT molecular complexity index is 808. The van der Waals surface area contributed by atoms with Crippen LogP contribution in [0, 0.1) is 0 Å². The molecule has 3 heteroatoms. The van der Waals surface area contributed by atoms with Crippen LogP contribution >= 0.6 is 0 Å². The smallest absolute Gasteiger partial charge is 0.283 e. The first-order valence-electron chi connectivity index (χ1n) is 7.24. The lowest BCUT2D eigenvalue weighted by Crippen LogP contribution is -2.21. The van der Waals surface area contributed by atoms with Gasteiger partial charge in [-0.3, -0.25) is 4.79 Å². The molecule has 1 aromatic heterocycles. The van der Waals surface area contributed by atoms with Gasteiger partial charge in [-0.2, -0.15) is 4.73 Å². The summed E-state index contributed by atoms with van der Waals surface area (Å²) < 4.78 is 0.738. The van der Waals surface area contributed by atoms with Crippen LogP contribution in [-0.2, 0) is 12.8 Å². The third-order valence-corrected chi connectivity index (χ3v) is 3.62. The molecule has 3 nitrogen and oxygen atoms in total. The highest BCUT2D eigenvalue weighted by atomic mass is 16.5. The maximum atomic E-state index is 12.0. The van der Waals surface area contributed by atoms with Crippen molar-refractivity contribution in [1.29, 1.82) is 0 Å². The second-order valence-corrected chi connectivity index (χ2v) is 5.33. The predicted molar refractivity (Wildman–Crippen MR) is 86.4 cm³/mol. The molecule has 0 aliphatic rings. The minimum Gasteiger partial charge on any atom is -0.425 e. The Hall–Kier alpha value is -2.81. The number of hydrogen-bond donors (Lipinski definition) is 1. The predicted octanol–water partition coefficient (Wildman–Crippen LogP) is 3.27. The summed E-state index contributed by atoms with van der Waals surface area (Å²) in [6.07, 6.45) is 1.20. The lowest BCUT2D eigenvalue weighted by molar-refractivity contribution is 0.166. The van der Waals surface area contributed by atoms with E-state index in [0.29, 0.717) is 18.5 Å². The standard InChI is InChI=1S/C19H17NO2/c21-19-14-17(11-15-7-3-1-4-8-15)13-18(20(19)22)12-16-9-5-2-6-10-16/h1-10,13-14,22H,11-12H2. The molecule has 0 bridgehead atoms. The van der Waals surface area contributed by atoms with Gasteiger partial charge in [0.05, 0.1) is 5.69 Å². The van der Waals surface area contributed by atoms with E-state index in [1.54, 1.807) is 0 Å². The van der Waals surface area contributed by atoms with Crippen LogP contribution in [0.25, 0.3) is 0 Å². The van der Waals surface area contributed by atoms with Gasteiger partial charge in [-0.25, -0.2) is 0 Å². The number of benzene rings is 2. The first-order chi connectivity index (χ1) is 10.7. The fraction of sp³-hybridized carbons (Fsp3) is 0.105. The molecule has 0 unspecified atom stereocenters. The van der Waals surface area contributed by atoms with Gasteiger partial charge < -0.3 is 5.21 Å². The summed E-state index contributed by atoms with van der Waals surface area (Å²) in [5.74, 6) is 0. The molecule has 0 aliphatic carbocycles. The van der Waals surface area contributed by atoms with Crippen LogP contribution in [0.1, 0.15) is 22.4 Å². The van der Waals surface area contributed by atoms with Crippen LogP contribution in [0.15, 0.2) is 77.6 Å². The van der Waals surface area contributed by atoms with Crippen LogP contribution < -0.4 is 5.56 Å². The summed E-state index contributed by atoms with van der Waals surface area (Å²) in [6.45, 7) is 0. The Morgan fingerprint density at radius 1 is 0.727 bits per heavy atom. The number of rotatable bonds is 4. The van der Waals surface area contributed by atoms with Gasteiger partial charge in [0.1, 0.15) is 0 Å². The zero-order chi connectivity index (χ0) is 15.4. The van der Waals surface area contributed by atoms with E-state index in [2.05, 4.69) is 0 Å². The Balaban J connectivity index is 1.92. The molecule has 110 valence electrons. The van der Waals surface area contributed by atoms with E-state index in [9.17, 15) is 10.0 Å². The molecule has 2 aromatic carbocycles. The van der Waals surface area contributed by atoms with Crippen molar-refractivity contribution in [3.05, 3.63) is 106 Å². The summed E-state index contributed by atoms with van der Waals surface area (Å²) in [5, 5.41) is 9.95. The molecule has 0 amide bonds. The number of hydrogen-bond acceptors (Lipinski definition) is 2. The maximum Gasteiger partial charge on any atom is 0.283 e. The van der Waals surface area contributed by atoms with E-state index in [0.717, 1.165) is 21.4 Å². The summed E-state index contributed by atoms with van der Waals surface area (Å²) in [4.78, 5) is 12.0. The number of aromatic nitrogens is 1. The average molecular weight is 291 g/mol. The zero-order valence-electron chi connectivity index (χ0n) is 12.1. The van der Waals surface area contributed by atoms with E-state index in [1.807, 2.05) is 66.7 Å². The van der Waals surface area contributed by atoms with Gasteiger partial charge in [0, 0.05) is 12.5 Å². The van der Waals surface area contributed by atoms with Crippen LogP contribution in [0.2, 0.25) is 0 Å². The molecule has 0 saturated carbocycles. The summed E-state index contributed by atoms with van der Waals surface area (Å²) in [7, 11) is 0. The Morgan fingerprint density at radius 2 is 1.27 bits per heavy atom. The van der Waals surface area contributed by atoms with Gasteiger partial charge in [-0.05, 0) is 29.2 Å². The van der Waals surface area contributed by atoms with Crippen molar-refractivity contribution in [2.45, 2.75) is 12.8 Å². The summed E-state index contributed by atoms with van der Waals surface area (Å²) in [6, 6.07) is 23.2. The van der Waals surface area contributed by atoms with E-state index in [-0.39, 0.29) is 5.56 Å². The molecule has 0 fully saturated rings. The van der Waals surface area contributed by atoms with E-state index in [1.165, 1.54) is 6.07 Å². The van der Waals surface area contributed by atoms with Gasteiger partial charge in [-0.15, -0.1) is 0 Å². The minimum absolute atomic E-state index is 0.389. The fourth-order valence-electron chi connectivity index (χ4n) is 2.54. The quantitative estimate of drug-likeness (QED) is 0.750. The molecule has 0 atom stereocenters. The van der Waals surface area contributed by atoms with Crippen LogP contribution in [0.4, 0.5) is 0 Å². The highest BCUT2D eigenvalue weighted by molar-refractivity contribution is 5.29. The van der Waals surface area contributed by atoms with Gasteiger partial charge in [0.25, 0.3) is 5.56 Å². The lowest BCUT2D eigenvalue weighted by atomic mass is 10.0. The zero-order valence-corrected chi connectivity index (χ0v) is 12.1. The highest BCUT2D eigenvalue weighted by Gasteiger charge is 2.07. The third kappa shape index (κ3) is 3.26. The van der Waals surface area contributed by atoms with Crippen molar-refractivity contribution in [2.24, 2.45) is 0 Å². The molecule has 0 spiro atoms. The van der Waals surface area contributed by atoms with Crippen molar-refractivity contribution in [3.8, 4) is 0 Å².